The van der Waals surface area contributed by atoms with Crippen molar-refractivity contribution < 1.29 is 9.84 Å². The Morgan fingerprint density at radius 1 is 1.25 bits per heavy atom. The van der Waals surface area contributed by atoms with Crippen LogP contribution in [0.5, 0.6) is 0 Å². The van der Waals surface area contributed by atoms with E-state index in [1.807, 2.05) is 6.92 Å². The largest absolute Gasteiger partial charge is 0.390 e. The van der Waals surface area contributed by atoms with E-state index >= 15 is 0 Å². The third-order valence-corrected chi connectivity index (χ3v) is 6.00. The average Bonchev–Trinajstić information content (AvgIpc) is 2.69. The second kappa shape index (κ2) is 5.74. The smallest absolute Gasteiger partial charge is 0.0957 e. The Balaban J connectivity index is 2.07. The molecule has 1 aromatic rings. The van der Waals surface area contributed by atoms with Gasteiger partial charge in [0, 0.05) is 18.4 Å². The molecule has 1 N–H and O–H groups in total. The Morgan fingerprint density at radius 3 is 2.30 bits per heavy atom. The Bertz CT molecular complexity index is 438. The van der Waals surface area contributed by atoms with Crippen molar-refractivity contribution >= 4 is 11.3 Å². The minimum Gasteiger partial charge on any atom is -0.390 e. The first-order chi connectivity index (χ1) is 9.28. The van der Waals surface area contributed by atoms with Crippen molar-refractivity contribution in [2.75, 3.05) is 7.11 Å². The summed E-state index contributed by atoms with van der Waals surface area (Å²) in [4.78, 5) is 5.78. The van der Waals surface area contributed by atoms with E-state index < -0.39 is 6.10 Å². The molecule has 1 saturated carbocycles. The molecule has 1 aromatic heterocycles. The summed E-state index contributed by atoms with van der Waals surface area (Å²) in [5.74, 6) is 0. The number of thiazole rings is 1. The van der Waals surface area contributed by atoms with Crippen LogP contribution in [0.1, 0.15) is 55.1 Å². The van der Waals surface area contributed by atoms with Gasteiger partial charge in [-0.05, 0) is 44.9 Å². The molecule has 1 aliphatic rings. The number of methoxy groups -OCH3 is 1. The summed E-state index contributed by atoms with van der Waals surface area (Å²) in [5, 5.41) is 11.7. The summed E-state index contributed by atoms with van der Waals surface area (Å²) in [6.07, 6.45) is 4.21. The molecule has 1 atom stereocenters. The van der Waals surface area contributed by atoms with E-state index in [0.29, 0.717) is 11.8 Å². The maximum Gasteiger partial charge on any atom is 0.0957 e. The number of aromatic nitrogens is 1. The molecule has 0 bridgehead atoms. The van der Waals surface area contributed by atoms with Crippen LogP contribution in [-0.4, -0.2) is 28.9 Å². The summed E-state index contributed by atoms with van der Waals surface area (Å²) < 4.78 is 5.77. The summed E-state index contributed by atoms with van der Waals surface area (Å²) in [6, 6.07) is 0. The number of aliphatic hydroxyl groups is 1. The number of nitrogens with zero attached hydrogens (tertiary/aromatic N) is 1. The van der Waals surface area contributed by atoms with Gasteiger partial charge in [-0.15, -0.1) is 11.3 Å². The predicted molar refractivity (Wildman–Crippen MR) is 83.3 cm³/mol. The Hall–Kier alpha value is -0.450. The molecule has 1 unspecified atom stereocenters. The minimum atomic E-state index is -0.464. The normalized spacial score (nSPS) is 22.7. The van der Waals surface area contributed by atoms with Crippen molar-refractivity contribution in [2.45, 2.75) is 71.5 Å². The van der Waals surface area contributed by atoms with Crippen LogP contribution in [0.4, 0.5) is 0 Å². The van der Waals surface area contributed by atoms with Gasteiger partial charge in [0.2, 0.25) is 0 Å². The SMILES string of the molecule is COC1(C(O)Cc2nc(C)c(C)s2)CCC(C)(C)CC1. The van der Waals surface area contributed by atoms with E-state index in [9.17, 15) is 5.11 Å². The van der Waals surface area contributed by atoms with Crippen molar-refractivity contribution in [2.24, 2.45) is 5.41 Å². The fourth-order valence-corrected chi connectivity index (χ4v) is 3.97. The number of aryl methyl sites for hydroxylation is 2. The van der Waals surface area contributed by atoms with E-state index in [1.165, 1.54) is 4.88 Å². The van der Waals surface area contributed by atoms with Gasteiger partial charge in [-0.3, -0.25) is 0 Å². The maximum absolute atomic E-state index is 10.7. The minimum absolute atomic E-state index is 0.371. The summed E-state index contributed by atoms with van der Waals surface area (Å²) in [7, 11) is 1.74. The summed E-state index contributed by atoms with van der Waals surface area (Å²) in [6.45, 7) is 8.70. The van der Waals surface area contributed by atoms with Crippen LogP contribution in [0.2, 0.25) is 0 Å². The Kier molecular flexibility index (Phi) is 4.57. The molecule has 20 heavy (non-hydrogen) atoms. The van der Waals surface area contributed by atoms with Gasteiger partial charge >= 0.3 is 0 Å². The van der Waals surface area contributed by atoms with E-state index in [2.05, 4.69) is 25.8 Å². The van der Waals surface area contributed by atoms with Crippen molar-refractivity contribution in [3.63, 3.8) is 0 Å². The molecule has 0 amide bonds. The lowest BCUT2D eigenvalue weighted by atomic mass is 9.68. The first-order valence-electron chi connectivity index (χ1n) is 7.44. The molecule has 1 heterocycles. The zero-order chi connectivity index (χ0) is 15.0. The fourth-order valence-electron chi connectivity index (χ4n) is 3.00. The highest BCUT2D eigenvalue weighted by Crippen LogP contribution is 2.44. The molecule has 1 fully saturated rings. The number of rotatable bonds is 4. The summed E-state index contributed by atoms with van der Waals surface area (Å²) >= 11 is 1.69. The Morgan fingerprint density at radius 2 is 1.85 bits per heavy atom. The standard InChI is InChI=1S/C16H27NO2S/c1-11-12(2)20-14(17-11)10-13(18)16(19-5)8-6-15(3,4)7-9-16/h13,18H,6-10H2,1-5H3. The maximum atomic E-state index is 10.7. The van der Waals surface area contributed by atoms with Gasteiger partial charge in [0.05, 0.1) is 22.4 Å². The fraction of sp³-hybridized carbons (Fsp3) is 0.812. The van der Waals surface area contributed by atoms with Crippen molar-refractivity contribution in [3.05, 3.63) is 15.6 Å². The lowest BCUT2D eigenvalue weighted by Gasteiger charge is -2.45. The monoisotopic (exact) mass is 297 g/mol. The molecule has 1 aliphatic carbocycles. The van der Waals surface area contributed by atoms with Gasteiger partial charge < -0.3 is 9.84 Å². The highest BCUT2D eigenvalue weighted by molar-refractivity contribution is 7.11. The third-order valence-electron chi connectivity index (χ3n) is 4.90. The highest BCUT2D eigenvalue weighted by atomic mass is 32.1. The van der Waals surface area contributed by atoms with Crippen LogP contribution in [0.15, 0.2) is 0 Å². The van der Waals surface area contributed by atoms with Crippen molar-refractivity contribution in [1.82, 2.24) is 4.98 Å². The van der Waals surface area contributed by atoms with E-state index in [0.717, 1.165) is 36.4 Å². The topological polar surface area (TPSA) is 42.4 Å². The number of aliphatic hydroxyl groups excluding tert-OH is 1. The first kappa shape index (κ1) is 15.9. The molecule has 0 radical (unpaired) electrons. The van der Waals surface area contributed by atoms with Gasteiger partial charge in [-0.25, -0.2) is 4.98 Å². The predicted octanol–water partition coefficient (Wildman–Crippen LogP) is 3.65. The van der Waals surface area contributed by atoms with Gasteiger partial charge in [0.15, 0.2) is 0 Å². The molecule has 4 heteroatoms. The van der Waals surface area contributed by atoms with Gasteiger partial charge in [-0.2, -0.15) is 0 Å². The molecule has 114 valence electrons. The molecule has 0 aliphatic heterocycles. The van der Waals surface area contributed by atoms with Crippen LogP contribution in [-0.2, 0) is 11.2 Å². The molecule has 3 nitrogen and oxygen atoms in total. The lowest BCUT2D eigenvalue weighted by molar-refractivity contribution is -0.135. The van der Waals surface area contributed by atoms with E-state index in [4.69, 9.17) is 4.74 Å². The molecule has 2 rings (SSSR count). The van der Waals surface area contributed by atoms with Gasteiger partial charge in [-0.1, -0.05) is 13.8 Å². The molecule has 0 saturated heterocycles. The van der Waals surface area contributed by atoms with Crippen molar-refractivity contribution in [1.29, 1.82) is 0 Å². The quantitative estimate of drug-likeness (QED) is 0.922. The zero-order valence-corrected chi connectivity index (χ0v) is 14.1. The van der Waals surface area contributed by atoms with E-state index in [1.54, 1.807) is 18.4 Å². The van der Waals surface area contributed by atoms with Crippen LogP contribution in [0.25, 0.3) is 0 Å². The first-order valence-corrected chi connectivity index (χ1v) is 8.26. The molecule has 0 aromatic carbocycles. The van der Waals surface area contributed by atoms with Crippen LogP contribution >= 0.6 is 11.3 Å². The lowest BCUT2D eigenvalue weighted by Crippen LogP contribution is -2.49. The molecule has 0 spiro atoms. The van der Waals surface area contributed by atoms with Crippen LogP contribution in [0, 0.1) is 19.3 Å². The van der Waals surface area contributed by atoms with Gasteiger partial charge in [0.1, 0.15) is 0 Å². The number of ether oxygens (including phenoxy) is 1. The molecular formula is C16H27NO2S. The Labute approximate surface area is 126 Å². The van der Waals surface area contributed by atoms with E-state index in [-0.39, 0.29) is 5.60 Å². The summed E-state index contributed by atoms with van der Waals surface area (Å²) in [5.41, 5.74) is 1.06. The number of hydrogen-bond acceptors (Lipinski definition) is 4. The van der Waals surface area contributed by atoms with Crippen LogP contribution in [0.3, 0.4) is 0 Å². The average molecular weight is 297 g/mol. The second-order valence-corrected chi connectivity index (χ2v) is 8.19. The van der Waals surface area contributed by atoms with Gasteiger partial charge in [0.25, 0.3) is 0 Å². The highest BCUT2D eigenvalue weighted by Gasteiger charge is 2.43. The zero-order valence-electron chi connectivity index (χ0n) is 13.3. The second-order valence-electron chi connectivity index (χ2n) is 6.90. The molecular weight excluding hydrogens is 270 g/mol. The third kappa shape index (κ3) is 3.23. The number of hydrogen-bond donors (Lipinski definition) is 1. The van der Waals surface area contributed by atoms with Crippen molar-refractivity contribution in [3.8, 4) is 0 Å². The van der Waals surface area contributed by atoms with Crippen LogP contribution < -0.4 is 0 Å².